The van der Waals surface area contributed by atoms with Crippen molar-refractivity contribution in [2.24, 2.45) is 0 Å². The van der Waals surface area contributed by atoms with Gasteiger partial charge in [-0.3, -0.25) is 4.79 Å². The highest BCUT2D eigenvalue weighted by Crippen LogP contribution is 2.28. The molecule has 0 spiro atoms. The first-order valence-corrected chi connectivity index (χ1v) is 10.8. The molecule has 0 fully saturated rings. The minimum atomic E-state index is -0.279. The normalized spacial score (nSPS) is 11.7. The number of methoxy groups -OCH3 is 1. The highest BCUT2D eigenvalue weighted by molar-refractivity contribution is 7.99. The van der Waals surface area contributed by atoms with E-state index in [0.717, 1.165) is 5.75 Å². The summed E-state index contributed by atoms with van der Waals surface area (Å²) in [6, 6.07) is 14.6. The molecule has 0 saturated heterocycles. The van der Waals surface area contributed by atoms with E-state index >= 15 is 0 Å². The van der Waals surface area contributed by atoms with Crippen LogP contribution in [0, 0.1) is 0 Å². The highest BCUT2D eigenvalue weighted by atomic mass is 35.5. The number of hydrogen-bond acceptors (Lipinski definition) is 6. The van der Waals surface area contributed by atoms with E-state index in [4.69, 9.17) is 21.1 Å². The Hall–Kier alpha value is -2.71. The second-order valence-corrected chi connectivity index (χ2v) is 7.72. The number of ether oxygens (including phenoxy) is 2. The molecule has 1 N–H and O–H groups in total. The molecule has 7 nitrogen and oxygen atoms in total. The molecule has 9 heteroatoms. The van der Waals surface area contributed by atoms with E-state index in [1.165, 1.54) is 18.9 Å². The Balaban J connectivity index is 1.64. The molecule has 30 heavy (non-hydrogen) atoms. The van der Waals surface area contributed by atoms with Crippen LogP contribution in [0.15, 0.2) is 53.7 Å². The van der Waals surface area contributed by atoms with Crippen LogP contribution in [0.4, 0.5) is 5.69 Å². The number of nitrogens with one attached hydrogen (secondary N) is 1. The predicted octanol–water partition coefficient (Wildman–Crippen LogP) is 4.83. The monoisotopic (exact) mass is 446 g/mol. The van der Waals surface area contributed by atoms with Crippen LogP contribution in [-0.4, -0.2) is 33.5 Å². The Morgan fingerprint density at radius 2 is 2.00 bits per heavy atom. The lowest BCUT2D eigenvalue weighted by molar-refractivity contribution is -0.113. The molecule has 0 aliphatic rings. The fourth-order valence-corrected chi connectivity index (χ4v) is 3.84. The Morgan fingerprint density at radius 3 is 2.70 bits per heavy atom. The van der Waals surface area contributed by atoms with E-state index in [9.17, 15) is 4.79 Å². The second-order valence-electron chi connectivity index (χ2n) is 6.34. The first-order valence-electron chi connectivity index (χ1n) is 9.42. The Bertz CT molecular complexity index is 997. The summed E-state index contributed by atoms with van der Waals surface area (Å²) in [6.07, 6.45) is -0.279. The first-order chi connectivity index (χ1) is 14.5. The topological polar surface area (TPSA) is 78.3 Å². The minimum absolute atomic E-state index is 0.168. The molecule has 0 bridgehead atoms. The maximum absolute atomic E-state index is 12.4. The van der Waals surface area contributed by atoms with E-state index in [1.807, 2.05) is 48.7 Å². The summed E-state index contributed by atoms with van der Waals surface area (Å²) < 4.78 is 13.2. The lowest BCUT2D eigenvalue weighted by atomic mass is 10.3. The fraction of sp³-hybridized carbons (Fsp3) is 0.286. The smallest absolute Gasteiger partial charge is 0.234 e. The van der Waals surface area contributed by atoms with Crippen LogP contribution < -0.4 is 14.8 Å². The van der Waals surface area contributed by atoms with Crippen LogP contribution in [-0.2, 0) is 11.3 Å². The van der Waals surface area contributed by atoms with Gasteiger partial charge in [0, 0.05) is 11.6 Å². The third kappa shape index (κ3) is 5.46. The number of para-hydroxylation sites is 1. The van der Waals surface area contributed by atoms with Crippen molar-refractivity contribution in [2.75, 3.05) is 18.2 Å². The molecule has 0 aliphatic heterocycles. The van der Waals surface area contributed by atoms with E-state index < -0.39 is 0 Å². The van der Waals surface area contributed by atoms with E-state index in [0.29, 0.717) is 34.0 Å². The zero-order valence-corrected chi connectivity index (χ0v) is 18.5. The molecule has 1 heterocycles. The summed E-state index contributed by atoms with van der Waals surface area (Å²) in [5, 5.41) is 12.5. The van der Waals surface area contributed by atoms with Gasteiger partial charge in [-0.15, -0.1) is 10.2 Å². The molecule has 1 atom stereocenters. The number of thioether (sulfide) groups is 1. The summed E-state index contributed by atoms with van der Waals surface area (Å²) in [5.74, 6) is 1.99. The van der Waals surface area contributed by atoms with Gasteiger partial charge in [0.15, 0.2) is 17.1 Å². The highest BCUT2D eigenvalue weighted by Gasteiger charge is 2.19. The summed E-state index contributed by atoms with van der Waals surface area (Å²) in [5.41, 5.74) is 0.526. The molecule has 0 aliphatic carbocycles. The van der Waals surface area contributed by atoms with Crippen molar-refractivity contribution in [3.8, 4) is 11.5 Å². The van der Waals surface area contributed by atoms with Gasteiger partial charge in [-0.25, -0.2) is 0 Å². The third-order valence-corrected chi connectivity index (χ3v) is 5.45. The fourth-order valence-electron chi connectivity index (χ4n) is 2.85. The molecule has 158 valence electrons. The van der Waals surface area contributed by atoms with Gasteiger partial charge in [-0.1, -0.05) is 41.6 Å². The predicted molar refractivity (Wildman–Crippen MR) is 119 cm³/mol. The zero-order chi connectivity index (χ0) is 21.5. The standard InChI is InChI=1S/C21H23ClN4O3S/c1-4-26-20(14(2)29-16-8-6-5-7-9-16)24-25-21(26)30-13-19(27)23-17-12-15(22)10-11-18(17)28-3/h5-12,14H,4,13H2,1-3H3,(H,23,27)/t14-/m1/s1. The van der Waals surface area contributed by atoms with Crippen molar-refractivity contribution in [1.29, 1.82) is 0 Å². The van der Waals surface area contributed by atoms with Crippen LogP contribution in [0.3, 0.4) is 0 Å². The Morgan fingerprint density at radius 1 is 1.23 bits per heavy atom. The van der Waals surface area contributed by atoms with E-state index in [2.05, 4.69) is 15.5 Å². The molecule has 3 rings (SSSR count). The molecular weight excluding hydrogens is 424 g/mol. The van der Waals surface area contributed by atoms with Crippen molar-refractivity contribution < 1.29 is 14.3 Å². The molecule has 0 saturated carbocycles. The van der Waals surface area contributed by atoms with E-state index in [1.54, 1.807) is 18.2 Å². The number of aromatic nitrogens is 3. The zero-order valence-electron chi connectivity index (χ0n) is 17.0. The minimum Gasteiger partial charge on any atom is -0.495 e. The number of nitrogens with zero attached hydrogens (tertiary/aromatic N) is 3. The molecule has 3 aromatic rings. The van der Waals surface area contributed by atoms with Crippen molar-refractivity contribution in [3.63, 3.8) is 0 Å². The molecule has 1 amide bonds. The number of carbonyl (C=O) groups is 1. The van der Waals surface area contributed by atoms with Crippen molar-refractivity contribution in [1.82, 2.24) is 14.8 Å². The van der Waals surface area contributed by atoms with Gasteiger partial charge < -0.3 is 19.4 Å². The van der Waals surface area contributed by atoms with Crippen LogP contribution in [0.1, 0.15) is 25.8 Å². The number of rotatable bonds is 9. The van der Waals surface area contributed by atoms with Gasteiger partial charge >= 0.3 is 0 Å². The molecule has 1 aromatic heterocycles. The summed E-state index contributed by atoms with van der Waals surface area (Å²) in [4.78, 5) is 12.4. The molecular formula is C21H23ClN4O3S. The molecule has 2 aromatic carbocycles. The number of carbonyl (C=O) groups excluding carboxylic acids is 1. The van der Waals surface area contributed by atoms with Gasteiger partial charge in [0.1, 0.15) is 11.5 Å². The van der Waals surface area contributed by atoms with Crippen molar-refractivity contribution in [3.05, 3.63) is 59.4 Å². The second kappa shape index (κ2) is 10.4. The third-order valence-electron chi connectivity index (χ3n) is 4.25. The molecule has 0 radical (unpaired) electrons. The summed E-state index contributed by atoms with van der Waals surface area (Å²) in [7, 11) is 1.54. The summed E-state index contributed by atoms with van der Waals surface area (Å²) >= 11 is 7.32. The van der Waals surface area contributed by atoms with Gasteiger partial charge in [0.2, 0.25) is 5.91 Å². The lowest BCUT2D eigenvalue weighted by Gasteiger charge is -2.15. The van der Waals surface area contributed by atoms with Crippen LogP contribution >= 0.6 is 23.4 Å². The van der Waals surface area contributed by atoms with E-state index in [-0.39, 0.29) is 17.8 Å². The Labute approximate surface area is 184 Å². The molecule has 0 unspecified atom stereocenters. The van der Waals surface area contributed by atoms with Crippen LogP contribution in [0.2, 0.25) is 5.02 Å². The first kappa shape index (κ1) is 22.0. The number of benzene rings is 2. The van der Waals surface area contributed by atoms with Crippen LogP contribution in [0.25, 0.3) is 0 Å². The van der Waals surface area contributed by atoms with Gasteiger partial charge in [0.05, 0.1) is 18.6 Å². The maximum Gasteiger partial charge on any atom is 0.234 e. The number of anilines is 1. The maximum atomic E-state index is 12.4. The SMILES string of the molecule is CCn1c(SCC(=O)Nc2cc(Cl)ccc2OC)nnc1[C@@H](C)Oc1ccccc1. The Kier molecular flexibility index (Phi) is 7.59. The van der Waals surface area contributed by atoms with Gasteiger partial charge in [-0.05, 0) is 44.2 Å². The van der Waals surface area contributed by atoms with Crippen LogP contribution in [0.5, 0.6) is 11.5 Å². The number of amides is 1. The average molecular weight is 447 g/mol. The quantitative estimate of drug-likeness (QED) is 0.474. The summed E-state index contributed by atoms with van der Waals surface area (Å²) in [6.45, 7) is 4.59. The van der Waals surface area contributed by atoms with Gasteiger partial charge in [0.25, 0.3) is 0 Å². The number of hydrogen-bond donors (Lipinski definition) is 1. The van der Waals surface area contributed by atoms with Crippen molar-refractivity contribution in [2.45, 2.75) is 31.7 Å². The average Bonchev–Trinajstić information content (AvgIpc) is 3.16. The van der Waals surface area contributed by atoms with Crippen molar-refractivity contribution >= 4 is 35.0 Å². The lowest BCUT2D eigenvalue weighted by Crippen LogP contribution is -2.16. The van der Waals surface area contributed by atoms with Gasteiger partial charge in [-0.2, -0.15) is 0 Å². The largest absolute Gasteiger partial charge is 0.495 e. The number of halogens is 1.